The standard InChI is InChI=1S/C11H12ClNO2/c1-13-6-8-5-7-3-2-4-9(12)10(7)11(14)15-8/h2-4,8,13H,5-6H2,1H3. The number of nitrogens with one attached hydrogen (secondary N) is 1. The van der Waals surface area contributed by atoms with Crippen LogP contribution in [0.25, 0.3) is 0 Å². The van der Waals surface area contributed by atoms with E-state index in [4.69, 9.17) is 16.3 Å². The molecule has 0 radical (unpaired) electrons. The Labute approximate surface area is 93.4 Å². The fourth-order valence-electron chi connectivity index (χ4n) is 1.81. The number of ether oxygens (including phenoxy) is 1. The van der Waals surface area contributed by atoms with E-state index in [2.05, 4.69) is 5.32 Å². The Bertz CT molecular complexity index is 392. The Kier molecular flexibility index (Phi) is 2.93. The molecule has 0 spiro atoms. The summed E-state index contributed by atoms with van der Waals surface area (Å²) in [5.41, 5.74) is 1.49. The number of hydrogen-bond donors (Lipinski definition) is 1. The van der Waals surface area contributed by atoms with Crippen molar-refractivity contribution in [1.29, 1.82) is 0 Å². The van der Waals surface area contributed by atoms with Crippen LogP contribution in [0.15, 0.2) is 18.2 Å². The predicted octanol–water partition coefficient (Wildman–Crippen LogP) is 1.64. The molecule has 1 unspecified atom stereocenters. The third kappa shape index (κ3) is 1.98. The summed E-state index contributed by atoms with van der Waals surface area (Å²) in [4.78, 5) is 11.7. The zero-order valence-electron chi connectivity index (χ0n) is 8.42. The van der Waals surface area contributed by atoms with Gasteiger partial charge in [-0.15, -0.1) is 0 Å². The molecule has 0 saturated heterocycles. The summed E-state index contributed by atoms with van der Waals surface area (Å²) >= 11 is 5.95. The highest BCUT2D eigenvalue weighted by molar-refractivity contribution is 6.33. The molecule has 1 N–H and O–H groups in total. The molecule has 1 heterocycles. The Hall–Kier alpha value is -1.06. The van der Waals surface area contributed by atoms with Crippen molar-refractivity contribution < 1.29 is 9.53 Å². The van der Waals surface area contributed by atoms with Gasteiger partial charge in [-0.1, -0.05) is 23.7 Å². The van der Waals surface area contributed by atoms with Crippen LogP contribution < -0.4 is 5.32 Å². The van der Waals surface area contributed by atoms with E-state index in [0.717, 1.165) is 12.0 Å². The Balaban J connectivity index is 2.32. The van der Waals surface area contributed by atoms with Crippen LogP contribution in [0.3, 0.4) is 0 Å². The fraction of sp³-hybridized carbons (Fsp3) is 0.364. The maximum absolute atomic E-state index is 11.7. The maximum atomic E-state index is 11.7. The number of rotatable bonds is 2. The molecule has 80 valence electrons. The van der Waals surface area contributed by atoms with Gasteiger partial charge in [-0.25, -0.2) is 4.79 Å². The van der Waals surface area contributed by atoms with Crippen LogP contribution in [0.5, 0.6) is 0 Å². The van der Waals surface area contributed by atoms with Crippen molar-refractivity contribution in [2.45, 2.75) is 12.5 Å². The normalized spacial score (nSPS) is 19.6. The topological polar surface area (TPSA) is 38.3 Å². The van der Waals surface area contributed by atoms with Gasteiger partial charge >= 0.3 is 5.97 Å². The lowest BCUT2D eigenvalue weighted by atomic mass is 9.98. The van der Waals surface area contributed by atoms with E-state index in [0.29, 0.717) is 17.1 Å². The second-order valence-corrected chi connectivity index (χ2v) is 3.97. The van der Waals surface area contributed by atoms with Crippen molar-refractivity contribution in [3.05, 3.63) is 34.3 Å². The number of esters is 1. The van der Waals surface area contributed by atoms with Crippen LogP contribution in [0.4, 0.5) is 0 Å². The lowest BCUT2D eigenvalue weighted by Gasteiger charge is -2.24. The fourth-order valence-corrected chi connectivity index (χ4v) is 2.08. The van der Waals surface area contributed by atoms with Gasteiger partial charge in [-0.2, -0.15) is 0 Å². The maximum Gasteiger partial charge on any atom is 0.340 e. The summed E-state index contributed by atoms with van der Waals surface area (Å²) in [6.07, 6.45) is 0.635. The molecule has 1 aromatic carbocycles. The van der Waals surface area contributed by atoms with Gasteiger partial charge in [0, 0.05) is 13.0 Å². The summed E-state index contributed by atoms with van der Waals surface area (Å²) in [6, 6.07) is 5.49. The molecule has 3 nitrogen and oxygen atoms in total. The Morgan fingerprint density at radius 1 is 1.60 bits per heavy atom. The van der Waals surface area contributed by atoms with Gasteiger partial charge in [0.15, 0.2) is 0 Å². The van der Waals surface area contributed by atoms with Gasteiger partial charge in [-0.05, 0) is 18.7 Å². The molecule has 0 aliphatic carbocycles. The summed E-state index contributed by atoms with van der Waals surface area (Å²) in [5.74, 6) is -0.317. The molecule has 0 saturated carbocycles. The highest BCUT2D eigenvalue weighted by atomic mass is 35.5. The Morgan fingerprint density at radius 2 is 2.40 bits per heavy atom. The van der Waals surface area contributed by atoms with Crippen LogP contribution in [0, 0.1) is 0 Å². The molecule has 1 atom stereocenters. The number of carbonyl (C=O) groups excluding carboxylic acids is 1. The first kappa shape index (κ1) is 10.5. The number of carbonyl (C=O) groups is 1. The zero-order chi connectivity index (χ0) is 10.8. The summed E-state index contributed by atoms with van der Waals surface area (Å²) in [6.45, 7) is 0.664. The van der Waals surface area contributed by atoms with E-state index in [-0.39, 0.29) is 12.1 Å². The molecule has 0 bridgehead atoms. The first-order chi connectivity index (χ1) is 7.22. The average molecular weight is 226 g/mol. The number of benzene rings is 1. The smallest absolute Gasteiger partial charge is 0.340 e. The molecule has 2 rings (SSSR count). The van der Waals surface area contributed by atoms with Gasteiger partial charge in [0.2, 0.25) is 0 Å². The van der Waals surface area contributed by atoms with E-state index in [9.17, 15) is 4.79 Å². The SMILES string of the molecule is CNCC1Cc2cccc(Cl)c2C(=O)O1. The minimum absolute atomic E-state index is 0.0894. The van der Waals surface area contributed by atoms with Crippen molar-refractivity contribution >= 4 is 17.6 Å². The first-order valence-corrected chi connectivity index (χ1v) is 5.23. The molecule has 1 aromatic rings. The van der Waals surface area contributed by atoms with Crippen molar-refractivity contribution in [3.8, 4) is 0 Å². The summed E-state index contributed by atoms with van der Waals surface area (Å²) in [5, 5.41) is 3.47. The molecule has 0 amide bonds. The average Bonchev–Trinajstić information content (AvgIpc) is 2.17. The molecular weight excluding hydrogens is 214 g/mol. The van der Waals surface area contributed by atoms with E-state index in [1.807, 2.05) is 19.2 Å². The monoisotopic (exact) mass is 225 g/mol. The van der Waals surface area contributed by atoms with E-state index < -0.39 is 0 Å². The second-order valence-electron chi connectivity index (χ2n) is 3.56. The summed E-state index contributed by atoms with van der Waals surface area (Å²) < 4.78 is 5.25. The molecule has 1 aliphatic rings. The number of halogens is 1. The minimum Gasteiger partial charge on any atom is -0.457 e. The van der Waals surface area contributed by atoms with Crippen molar-refractivity contribution in [3.63, 3.8) is 0 Å². The molecule has 4 heteroatoms. The number of likely N-dealkylation sites (N-methyl/N-ethyl adjacent to an activating group) is 1. The number of fused-ring (bicyclic) bond motifs is 1. The largest absolute Gasteiger partial charge is 0.457 e. The quantitative estimate of drug-likeness (QED) is 0.778. The zero-order valence-corrected chi connectivity index (χ0v) is 9.17. The van der Waals surface area contributed by atoms with Crippen LogP contribution in [-0.4, -0.2) is 25.7 Å². The third-order valence-electron chi connectivity index (χ3n) is 2.46. The molecule has 0 fully saturated rings. The summed E-state index contributed by atoms with van der Waals surface area (Å²) in [7, 11) is 1.83. The minimum atomic E-state index is -0.317. The van der Waals surface area contributed by atoms with Gasteiger partial charge in [0.05, 0.1) is 10.6 Å². The lowest BCUT2D eigenvalue weighted by Crippen LogP contribution is -2.35. The molecular formula is C11H12ClNO2. The third-order valence-corrected chi connectivity index (χ3v) is 2.77. The van der Waals surface area contributed by atoms with Crippen LogP contribution >= 0.6 is 11.6 Å². The van der Waals surface area contributed by atoms with Crippen LogP contribution in [0.2, 0.25) is 5.02 Å². The van der Waals surface area contributed by atoms with Crippen LogP contribution in [-0.2, 0) is 11.2 Å². The predicted molar refractivity (Wildman–Crippen MR) is 58.3 cm³/mol. The molecule has 15 heavy (non-hydrogen) atoms. The molecule has 0 aromatic heterocycles. The highest BCUT2D eigenvalue weighted by Crippen LogP contribution is 2.26. The Morgan fingerprint density at radius 3 is 3.13 bits per heavy atom. The van der Waals surface area contributed by atoms with E-state index >= 15 is 0 Å². The lowest BCUT2D eigenvalue weighted by molar-refractivity contribution is 0.0264. The van der Waals surface area contributed by atoms with Crippen LogP contribution in [0.1, 0.15) is 15.9 Å². The van der Waals surface area contributed by atoms with Gasteiger partial charge in [0.1, 0.15) is 6.10 Å². The van der Waals surface area contributed by atoms with Gasteiger partial charge in [0.25, 0.3) is 0 Å². The van der Waals surface area contributed by atoms with Crippen molar-refractivity contribution in [1.82, 2.24) is 5.32 Å². The van der Waals surface area contributed by atoms with Gasteiger partial charge in [-0.3, -0.25) is 0 Å². The number of hydrogen-bond acceptors (Lipinski definition) is 3. The van der Waals surface area contributed by atoms with E-state index in [1.54, 1.807) is 6.07 Å². The number of cyclic esters (lactones) is 1. The first-order valence-electron chi connectivity index (χ1n) is 4.85. The van der Waals surface area contributed by atoms with Crippen molar-refractivity contribution in [2.75, 3.05) is 13.6 Å². The second kappa shape index (κ2) is 4.21. The highest BCUT2D eigenvalue weighted by Gasteiger charge is 2.27. The van der Waals surface area contributed by atoms with E-state index in [1.165, 1.54) is 0 Å². The van der Waals surface area contributed by atoms with Crippen molar-refractivity contribution in [2.24, 2.45) is 0 Å². The molecule has 1 aliphatic heterocycles. The van der Waals surface area contributed by atoms with Gasteiger partial charge < -0.3 is 10.1 Å².